The molecule has 1 amide bonds. The SMILES string of the molecule is CN=C[C@H]1C[C@@H]1C(=O)Nc1cc2cc(-c3cnccc3-c3ccn[nH]3)nc(N)c2cn1. The highest BCUT2D eigenvalue weighted by atomic mass is 16.2. The summed E-state index contributed by atoms with van der Waals surface area (Å²) in [5.41, 5.74) is 9.50. The van der Waals surface area contributed by atoms with E-state index < -0.39 is 0 Å². The molecular weight excluding hydrogens is 392 g/mol. The van der Waals surface area contributed by atoms with Crippen LogP contribution in [0, 0.1) is 11.8 Å². The van der Waals surface area contributed by atoms with Gasteiger partial charge in [-0.1, -0.05) is 0 Å². The zero-order chi connectivity index (χ0) is 21.4. The summed E-state index contributed by atoms with van der Waals surface area (Å²) in [6.45, 7) is 0. The average molecular weight is 412 g/mol. The Hall–Kier alpha value is -4.14. The van der Waals surface area contributed by atoms with Crippen LogP contribution >= 0.6 is 0 Å². The lowest BCUT2D eigenvalue weighted by molar-refractivity contribution is -0.117. The molecule has 2 atom stereocenters. The van der Waals surface area contributed by atoms with Crippen molar-refractivity contribution in [2.24, 2.45) is 16.8 Å². The first kappa shape index (κ1) is 18.9. The molecule has 154 valence electrons. The molecule has 1 aliphatic carbocycles. The Labute approximate surface area is 177 Å². The van der Waals surface area contributed by atoms with Crippen LogP contribution in [-0.4, -0.2) is 44.3 Å². The van der Waals surface area contributed by atoms with E-state index in [1.54, 1.807) is 31.8 Å². The van der Waals surface area contributed by atoms with Gasteiger partial charge < -0.3 is 16.0 Å². The minimum absolute atomic E-state index is 0.0483. The number of carbonyl (C=O) groups excluding carboxylic acids is 1. The van der Waals surface area contributed by atoms with Gasteiger partial charge in [-0.05, 0) is 36.1 Å². The van der Waals surface area contributed by atoms with Gasteiger partial charge in [0.1, 0.15) is 11.6 Å². The van der Waals surface area contributed by atoms with Crippen molar-refractivity contribution in [1.29, 1.82) is 0 Å². The predicted octanol–water partition coefficient (Wildman–Crippen LogP) is 2.94. The van der Waals surface area contributed by atoms with Gasteiger partial charge in [-0.2, -0.15) is 5.10 Å². The van der Waals surface area contributed by atoms with Crippen LogP contribution in [0.5, 0.6) is 0 Å². The number of aromatic nitrogens is 5. The summed E-state index contributed by atoms with van der Waals surface area (Å²) in [5.74, 6) is 0.953. The normalized spacial score (nSPS) is 17.8. The highest BCUT2D eigenvalue weighted by molar-refractivity contribution is 6.00. The Morgan fingerprint density at radius 2 is 2.16 bits per heavy atom. The molecule has 1 saturated carbocycles. The van der Waals surface area contributed by atoms with E-state index in [9.17, 15) is 4.79 Å². The van der Waals surface area contributed by atoms with Crippen LogP contribution < -0.4 is 11.1 Å². The van der Waals surface area contributed by atoms with Crippen molar-refractivity contribution in [3.8, 4) is 22.5 Å². The molecule has 4 N–H and O–H groups in total. The highest BCUT2D eigenvalue weighted by Crippen LogP contribution is 2.38. The number of aromatic amines is 1. The van der Waals surface area contributed by atoms with Crippen molar-refractivity contribution in [3.05, 3.63) is 49.1 Å². The molecular formula is C22H20N8O. The van der Waals surface area contributed by atoms with Gasteiger partial charge in [-0.25, -0.2) is 9.97 Å². The maximum absolute atomic E-state index is 12.5. The number of aliphatic imine (C=N–C) groups is 1. The van der Waals surface area contributed by atoms with E-state index in [0.29, 0.717) is 17.3 Å². The fraction of sp³-hybridized carbons (Fsp3) is 0.182. The van der Waals surface area contributed by atoms with Crippen LogP contribution in [0.2, 0.25) is 0 Å². The maximum atomic E-state index is 12.5. The molecule has 0 radical (unpaired) electrons. The second kappa shape index (κ2) is 7.60. The van der Waals surface area contributed by atoms with Gasteiger partial charge in [0.2, 0.25) is 5.91 Å². The van der Waals surface area contributed by atoms with E-state index in [2.05, 4.69) is 35.5 Å². The third-order valence-corrected chi connectivity index (χ3v) is 5.40. The van der Waals surface area contributed by atoms with Crippen LogP contribution in [0.3, 0.4) is 0 Å². The standard InChI is InChI=1S/C22H20N8O/c1-24-9-13-6-15(13)22(31)29-20-8-12-7-19(28-21(23)16(12)11-26-20)17-10-25-4-2-14(17)18-3-5-27-30-18/h2-5,7-11,13,15H,6H2,1H3,(H2,23,28)(H,27,30)(H,26,29,31)/t13-,15+/m1/s1. The zero-order valence-corrected chi connectivity index (χ0v) is 16.8. The average Bonchev–Trinajstić information content (AvgIpc) is 3.33. The van der Waals surface area contributed by atoms with E-state index in [4.69, 9.17) is 5.73 Å². The van der Waals surface area contributed by atoms with Gasteiger partial charge in [-0.15, -0.1) is 0 Å². The molecule has 1 aliphatic rings. The summed E-state index contributed by atoms with van der Waals surface area (Å²) in [7, 11) is 1.72. The molecule has 0 saturated heterocycles. The molecule has 9 nitrogen and oxygen atoms in total. The fourth-order valence-corrected chi connectivity index (χ4v) is 3.71. The number of anilines is 2. The summed E-state index contributed by atoms with van der Waals surface area (Å²) in [5, 5.41) is 11.4. The summed E-state index contributed by atoms with van der Waals surface area (Å²) >= 11 is 0. The minimum atomic E-state index is -0.0494. The molecule has 4 heterocycles. The van der Waals surface area contributed by atoms with Crippen LogP contribution in [0.25, 0.3) is 33.3 Å². The van der Waals surface area contributed by atoms with Crippen molar-refractivity contribution < 1.29 is 4.79 Å². The Bertz CT molecular complexity index is 1300. The number of nitrogens with zero attached hydrogens (tertiary/aromatic N) is 5. The largest absolute Gasteiger partial charge is 0.383 e. The molecule has 1 fully saturated rings. The van der Waals surface area contributed by atoms with Gasteiger partial charge >= 0.3 is 0 Å². The number of rotatable bonds is 5. The molecule has 0 aromatic carbocycles. The van der Waals surface area contributed by atoms with E-state index in [-0.39, 0.29) is 17.7 Å². The highest BCUT2D eigenvalue weighted by Gasteiger charge is 2.41. The van der Waals surface area contributed by atoms with E-state index in [0.717, 1.165) is 34.0 Å². The van der Waals surface area contributed by atoms with Crippen molar-refractivity contribution >= 4 is 34.5 Å². The molecule has 4 aromatic heterocycles. The Morgan fingerprint density at radius 3 is 2.97 bits per heavy atom. The van der Waals surface area contributed by atoms with E-state index in [1.807, 2.05) is 30.5 Å². The second-order valence-corrected chi connectivity index (χ2v) is 7.48. The first-order valence-corrected chi connectivity index (χ1v) is 9.87. The minimum Gasteiger partial charge on any atom is -0.383 e. The van der Waals surface area contributed by atoms with Crippen molar-refractivity contribution in [3.63, 3.8) is 0 Å². The van der Waals surface area contributed by atoms with Gasteiger partial charge in [0.15, 0.2) is 0 Å². The number of nitrogen functional groups attached to an aromatic ring is 1. The lowest BCUT2D eigenvalue weighted by Gasteiger charge is -2.11. The van der Waals surface area contributed by atoms with Crippen molar-refractivity contribution in [1.82, 2.24) is 25.1 Å². The number of nitrogens with two attached hydrogens (primary N) is 1. The third-order valence-electron chi connectivity index (χ3n) is 5.40. The third kappa shape index (κ3) is 3.61. The molecule has 0 aliphatic heterocycles. The van der Waals surface area contributed by atoms with Gasteiger partial charge in [0, 0.05) is 66.4 Å². The summed E-state index contributed by atoms with van der Waals surface area (Å²) in [6.07, 6.45) is 9.43. The quantitative estimate of drug-likeness (QED) is 0.431. The predicted molar refractivity (Wildman–Crippen MR) is 119 cm³/mol. The lowest BCUT2D eigenvalue weighted by atomic mass is 10.0. The molecule has 5 rings (SSSR count). The van der Waals surface area contributed by atoms with E-state index >= 15 is 0 Å². The molecule has 31 heavy (non-hydrogen) atoms. The number of nitrogens with one attached hydrogen (secondary N) is 2. The summed E-state index contributed by atoms with van der Waals surface area (Å²) < 4.78 is 0. The first-order valence-electron chi connectivity index (χ1n) is 9.87. The van der Waals surface area contributed by atoms with Gasteiger partial charge in [0.05, 0.1) is 11.4 Å². The summed E-state index contributed by atoms with van der Waals surface area (Å²) in [6, 6.07) is 7.51. The monoisotopic (exact) mass is 412 g/mol. The Morgan fingerprint density at radius 1 is 1.26 bits per heavy atom. The topological polar surface area (TPSA) is 135 Å². The number of H-pyrrole nitrogens is 1. The van der Waals surface area contributed by atoms with Crippen LogP contribution in [0.1, 0.15) is 6.42 Å². The number of carbonyl (C=O) groups is 1. The smallest absolute Gasteiger partial charge is 0.229 e. The van der Waals surface area contributed by atoms with E-state index in [1.165, 1.54) is 0 Å². The maximum Gasteiger partial charge on any atom is 0.229 e. The number of hydrogen-bond acceptors (Lipinski definition) is 7. The van der Waals surface area contributed by atoms with Crippen molar-refractivity contribution in [2.45, 2.75) is 6.42 Å². The zero-order valence-electron chi connectivity index (χ0n) is 16.8. The Kier molecular flexibility index (Phi) is 4.62. The second-order valence-electron chi connectivity index (χ2n) is 7.48. The molecule has 0 unspecified atom stereocenters. The Balaban J connectivity index is 1.50. The number of amides is 1. The van der Waals surface area contributed by atoms with Crippen LogP contribution in [-0.2, 0) is 4.79 Å². The molecule has 9 heteroatoms. The lowest BCUT2D eigenvalue weighted by Crippen LogP contribution is -2.16. The van der Waals surface area contributed by atoms with Crippen LogP contribution in [0.15, 0.2) is 54.0 Å². The van der Waals surface area contributed by atoms with Gasteiger partial charge in [-0.3, -0.25) is 14.9 Å². The van der Waals surface area contributed by atoms with Gasteiger partial charge in [0.25, 0.3) is 0 Å². The number of pyridine rings is 3. The molecule has 0 spiro atoms. The molecule has 0 bridgehead atoms. The summed E-state index contributed by atoms with van der Waals surface area (Å²) in [4.78, 5) is 29.6. The van der Waals surface area contributed by atoms with Crippen LogP contribution in [0.4, 0.5) is 11.6 Å². The first-order chi connectivity index (χ1) is 15.1. The molecule has 4 aromatic rings. The fourth-order valence-electron chi connectivity index (χ4n) is 3.71. The van der Waals surface area contributed by atoms with Crippen molar-refractivity contribution in [2.75, 3.05) is 18.1 Å². The number of fused-ring (bicyclic) bond motifs is 1. The number of hydrogen-bond donors (Lipinski definition) is 3.